The predicted molar refractivity (Wildman–Crippen MR) is 137 cm³/mol. The van der Waals surface area contributed by atoms with Gasteiger partial charge in [0.15, 0.2) is 0 Å². The minimum Gasteiger partial charge on any atom is -0.423 e. The molecule has 0 aliphatic rings. The fourth-order valence-corrected chi connectivity index (χ4v) is 3.91. The number of hydrogen-bond donors (Lipinski definition) is 0. The molecule has 34 heavy (non-hydrogen) atoms. The molecule has 0 aliphatic heterocycles. The molecule has 0 atom stereocenters. The Morgan fingerprint density at radius 3 is 2.32 bits per heavy atom. The average molecular weight is 465 g/mol. The van der Waals surface area contributed by atoms with Crippen molar-refractivity contribution < 1.29 is 9.53 Å². The van der Waals surface area contributed by atoms with E-state index in [1.54, 1.807) is 30.3 Å². The Kier molecular flexibility index (Phi) is 6.23. The molecule has 1 heterocycles. The minimum atomic E-state index is -0.445. The number of para-hydroxylation sites is 2. The highest BCUT2D eigenvalue weighted by Gasteiger charge is 2.13. The number of rotatable bonds is 6. The summed E-state index contributed by atoms with van der Waals surface area (Å²) in [6, 6.07) is 33.1. The van der Waals surface area contributed by atoms with Crippen molar-refractivity contribution in [2.75, 3.05) is 0 Å². The van der Waals surface area contributed by atoms with Crippen molar-refractivity contribution in [1.29, 1.82) is 0 Å². The van der Waals surface area contributed by atoms with Crippen LogP contribution in [0.1, 0.15) is 11.1 Å². The molecular formula is C29H21ClN2O2. The lowest BCUT2D eigenvalue weighted by molar-refractivity contribution is -0.128. The van der Waals surface area contributed by atoms with E-state index >= 15 is 0 Å². The lowest BCUT2D eigenvalue weighted by Crippen LogP contribution is -2.04. The van der Waals surface area contributed by atoms with E-state index in [1.165, 1.54) is 11.6 Å². The normalized spacial score (nSPS) is 11.2. The van der Waals surface area contributed by atoms with Crippen LogP contribution in [-0.4, -0.2) is 15.5 Å². The van der Waals surface area contributed by atoms with Crippen LogP contribution in [0.3, 0.4) is 0 Å². The third kappa shape index (κ3) is 4.92. The predicted octanol–water partition coefficient (Wildman–Crippen LogP) is 7.02. The number of aromatic nitrogens is 2. The quantitative estimate of drug-likeness (QED) is 0.154. The number of carbonyl (C=O) groups is 1. The average Bonchev–Trinajstić information content (AvgIpc) is 3.23. The molecule has 0 saturated heterocycles. The van der Waals surface area contributed by atoms with Gasteiger partial charge in [0.1, 0.15) is 11.6 Å². The molecule has 1 aromatic heterocycles. The topological polar surface area (TPSA) is 44.1 Å². The Morgan fingerprint density at radius 2 is 1.56 bits per heavy atom. The van der Waals surface area contributed by atoms with Crippen molar-refractivity contribution in [3.05, 3.63) is 125 Å². The maximum absolute atomic E-state index is 12.2. The van der Waals surface area contributed by atoms with Gasteiger partial charge >= 0.3 is 5.97 Å². The summed E-state index contributed by atoms with van der Waals surface area (Å²) in [6.45, 7) is 0.711. The summed E-state index contributed by atoms with van der Waals surface area (Å²) in [5, 5.41) is 0.650. The van der Waals surface area contributed by atoms with Crippen LogP contribution >= 0.6 is 11.6 Å². The van der Waals surface area contributed by atoms with Crippen molar-refractivity contribution in [2.45, 2.75) is 6.54 Å². The second-order valence-electron chi connectivity index (χ2n) is 7.83. The molecule has 0 aliphatic carbocycles. The fourth-order valence-electron chi connectivity index (χ4n) is 3.78. The van der Waals surface area contributed by atoms with E-state index in [1.807, 2.05) is 60.7 Å². The third-order valence-corrected chi connectivity index (χ3v) is 5.70. The first-order valence-corrected chi connectivity index (χ1v) is 11.3. The van der Waals surface area contributed by atoms with Gasteiger partial charge in [-0.3, -0.25) is 0 Å². The van der Waals surface area contributed by atoms with Gasteiger partial charge in [-0.05, 0) is 65.7 Å². The third-order valence-electron chi connectivity index (χ3n) is 5.45. The van der Waals surface area contributed by atoms with Gasteiger partial charge in [-0.1, -0.05) is 66.2 Å². The van der Waals surface area contributed by atoms with Crippen molar-refractivity contribution in [1.82, 2.24) is 9.55 Å². The maximum atomic E-state index is 12.2. The number of hydrogen-bond acceptors (Lipinski definition) is 3. The van der Waals surface area contributed by atoms with Gasteiger partial charge in [-0.2, -0.15) is 0 Å². The summed E-state index contributed by atoms with van der Waals surface area (Å²) in [7, 11) is 0. The van der Waals surface area contributed by atoms with Gasteiger partial charge in [0.05, 0.1) is 11.0 Å². The highest BCUT2D eigenvalue weighted by Crippen LogP contribution is 2.27. The van der Waals surface area contributed by atoms with Crippen LogP contribution in [0.5, 0.6) is 5.75 Å². The summed E-state index contributed by atoms with van der Waals surface area (Å²) in [5.74, 6) is 0.893. The molecule has 166 valence electrons. The number of fused-ring (bicyclic) bond motifs is 1. The zero-order valence-corrected chi connectivity index (χ0v) is 19.0. The molecule has 0 amide bonds. The number of esters is 1. The van der Waals surface area contributed by atoms with Gasteiger partial charge in [-0.15, -0.1) is 0 Å². The zero-order valence-electron chi connectivity index (χ0n) is 18.3. The molecule has 0 fully saturated rings. The molecule has 0 N–H and O–H groups in total. The van der Waals surface area contributed by atoms with E-state index in [4.69, 9.17) is 21.3 Å². The van der Waals surface area contributed by atoms with Crippen LogP contribution in [0.4, 0.5) is 0 Å². The number of halogens is 1. The molecule has 0 unspecified atom stereocenters. The molecule has 5 heteroatoms. The molecule has 5 aromatic rings. The first-order chi connectivity index (χ1) is 16.7. The summed E-state index contributed by atoms with van der Waals surface area (Å²) in [6.07, 6.45) is 3.09. The van der Waals surface area contributed by atoms with E-state index in [-0.39, 0.29) is 0 Å². The Labute approximate surface area is 202 Å². The zero-order chi connectivity index (χ0) is 23.3. The minimum absolute atomic E-state index is 0.445. The van der Waals surface area contributed by atoms with Crippen LogP contribution in [0.15, 0.2) is 109 Å². The lowest BCUT2D eigenvalue weighted by Gasteiger charge is -2.10. The second kappa shape index (κ2) is 9.77. The van der Waals surface area contributed by atoms with Crippen molar-refractivity contribution in [3.8, 4) is 17.1 Å². The van der Waals surface area contributed by atoms with Crippen molar-refractivity contribution in [2.24, 2.45) is 0 Å². The molecule has 0 bridgehead atoms. The van der Waals surface area contributed by atoms with E-state index in [0.29, 0.717) is 17.3 Å². The first kappa shape index (κ1) is 21.7. The van der Waals surface area contributed by atoms with Gasteiger partial charge in [-0.25, -0.2) is 9.78 Å². The van der Waals surface area contributed by atoms with E-state index < -0.39 is 5.97 Å². The molecular weight excluding hydrogens is 444 g/mol. The van der Waals surface area contributed by atoms with Crippen LogP contribution in [0.25, 0.3) is 28.5 Å². The Balaban J connectivity index is 1.37. The summed E-state index contributed by atoms with van der Waals surface area (Å²) in [4.78, 5) is 17.1. The molecule has 0 radical (unpaired) electrons. The van der Waals surface area contributed by atoms with Gasteiger partial charge in [0, 0.05) is 23.2 Å². The van der Waals surface area contributed by atoms with E-state index in [2.05, 4.69) is 22.8 Å². The maximum Gasteiger partial charge on any atom is 0.336 e. The van der Waals surface area contributed by atoms with E-state index in [9.17, 15) is 4.79 Å². The highest BCUT2D eigenvalue weighted by molar-refractivity contribution is 6.30. The summed E-state index contributed by atoms with van der Waals surface area (Å²) < 4.78 is 7.67. The van der Waals surface area contributed by atoms with Crippen molar-refractivity contribution >= 4 is 34.7 Å². The van der Waals surface area contributed by atoms with Gasteiger partial charge in [0.2, 0.25) is 0 Å². The van der Waals surface area contributed by atoms with Crippen LogP contribution in [0.2, 0.25) is 5.02 Å². The molecule has 5 rings (SSSR count). The van der Waals surface area contributed by atoms with Gasteiger partial charge < -0.3 is 9.30 Å². The molecule has 0 saturated carbocycles. The Bertz CT molecular complexity index is 1450. The number of nitrogens with zero attached hydrogens (tertiary/aromatic N) is 2. The standard InChI is InChI=1S/C29H21ClN2O2/c30-24-15-10-21(11-16-24)12-19-28(33)34-25-17-13-23(14-18-25)29-31-26-8-4-5-9-27(26)32(29)20-22-6-2-1-3-7-22/h1-19H,20H2/b19-12+. The Hall–Kier alpha value is -4.15. The monoisotopic (exact) mass is 464 g/mol. The number of carbonyl (C=O) groups excluding carboxylic acids is 1. The fraction of sp³-hybridized carbons (Fsp3) is 0.0345. The van der Waals surface area contributed by atoms with Crippen LogP contribution in [0, 0.1) is 0 Å². The first-order valence-electron chi connectivity index (χ1n) is 10.9. The smallest absolute Gasteiger partial charge is 0.336 e. The molecule has 0 spiro atoms. The summed E-state index contributed by atoms with van der Waals surface area (Å²) in [5.41, 5.74) is 5.03. The van der Waals surface area contributed by atoms with Crippen LogP contribution < -0.4 is 4.74 Å². The number of imidazole rings is 1. The van der Waals surface area contributed by atoms with Crippen LogP contribution in [-0.2, 0) is 11.3 Å². The summed E-state index contributed by atoms with van der Waals surface area (Å²) >= 11 is 5.89. The largest absolute Gasteiger partial charge is 0.423 e. The Morgan fingerprint density at radius 1 is 0.853 bits per heavy atom. The van der Waals surface area contributed by atoms with Crippen molar-refractivity contribution in [3.63, 3.8) is 0 Å². The SMILES string of the molecule is O=C(/C=C/c1ccc(Cl)cc1)Oc1ccc(-c2nc3ccccc3n2Cc2ccccc2)cc1. The highest BCUT2D eigenvalue weighted by atomic mass is 35.5. The molecule has 4 aromatic carbocycles. The number of ether oxygens (including phenoxy) is 1. The number of benzene rings is 4. The molecule has 4 nitrogen and oxygen atoms in total. The second-order valence-corrected chi connectivity index (χ2v) is 8.26. The lowest BCUT2D eigenvalue weighted by atomic mass is 10.2. The van der Waals surface area contributed by atoms with Gasteiger partial charge in [0.25, 0.3) is 0 Å². The van der Waals surface area contributed by atoms with E-state index in [0.717, 1.165) is 28.0 Å².